The quantitative estimate of drug-likeness (QED) is 0.619. The molecule has 1 aliphatic heterocycles. The number of methoxy groups -OCH3 is 1. The predicted molar refractivity (Wildman–Crippen MR) is 56.4 cm³/mol. The second-order valence-corrected chi connectivity index (χ2v) is 3.88. The third-order valence-corrected chi connectivity index (χ3v) is 2.74. The minimum absolute atomic E-state index is 0.152. The highest BCUT2D eigenvalue weighted by Crippen LogP contribution is 2.07. The van der Waals surface area contributed by atoms with Crippen LogP contribution in [0.3, 0.4) is 0 Å². The average molecular weight is 202 g/mol. The lowest BCUT2D eigenvalue weighted by molar-refractivity contribution is 0.142. The van der Waals surface area contributed by atoms with Crippen molar-refractivity contribution < 1.29 is 9.84 Å². The monoisotopic (exact) mass is 202 g/mol. The van der Waals surface area contributed by atoms with Crippen molar-refractivity contribution in [2.45, 2.75) is 25.5 Å². The highest BCUT2D eigenvalue weighted by Gasteiger charge is 2.23. The molecular formula is C10H22N2O2. The molecule has 2 atom stereocenters. The first-order chi connectivity index (χ1) is 6.76. The molecule has 0 saturated carbocycles. The van der Waals surface area contributed by atoms with Gasteiger partial charge in [-0.3, -0.25) is 4.90 Å². The molecule has 0 amide bonds. The smallest absolute Gasteiger partial charge is 0.0680 e. The molecule has 2 N–H and O–H groups in total. The number of rotatable bonds is 6. The molecule has 4 heteroatoms. The Hall–Kier alpha value is -0.160. The van der Waals surface area contributed by atoms with E-state index in [1.54, 1.807) is 7.11 Å². The molecule has 0 aromatic rings. The second kappa shape index (κ2) is 6.35. The van der Waals surface area contributed by atoms with Crippen LogP contribution in [0.25, 0.3) is 0 Å². The standard InChI is InChI=1S/C10H22N2O2/c1-3-12(4-5-14-2)8-9-6-10(13)7-11-9/h9-11,13H,3-8H2,1-2H3. The first-order valence-electron chi connectivity index (χ1n) is 5.39. The van der Waals surface area contributed by atoms with Crippen LogP contribution in [0, 0.1) is 0 Å². The molecule has 0 spiro atoms. The summed E-state index contributed by atoms with van der Waals surface area (Å²) < 4.78 is 5.05. The van der Waals surface area contributed by atoms with Crippen LogP contribution in [-0.4, -0.2) is 62.0 Å². The molecule has 0 aliphatic carbocycles. The van der Waals surface area contributed by atoms with Crippen LogP contribution in [0.2, 0.25) is 0 Å². The van der Waals surface area contributed by atoms with Crippen LogP contribution < -0.4 is 5.32 Å². The highest BCUT2D eigenvalue weighted by molar-refractivity contribution is 4.83. The van der Waals surface area contributed by atoms with Crippen molar-refractivity contribution in [3.8, 4) is 0 Å². The van der Waals surface area contributed by atoms with Gasteiger partial charge in [-0.1, -0.05) is 6.92 Å². The van der Waals surface area contributed by atoms with Gasteiger partial charge in [-0.2, -0.15) is 0 Å². The fraction of sp³-hybridized carbons (Fsp3) is 1.00. The zero-order valence-corrected chi connectivity index (χ0v) is 9.20. The van der Waals surface area contributed by atoms with E-state index in [0.717, 1.165) is 39.2 Å². The van der Waals surface area contributed by atoms with Gasteiger partial charge in [-0.25, -0.2) is 0 Å². The summed E-state index contributed by atoms with van der Waals surface area (Å²) in [6.45, 7) is 6.70. The van der Waals surface area contributed by atoms with Gasteiger partial charge in [-0.05, 0) is 13.0 Å². The van der Waals surface area contributed by atoms with Crippen molar-refractivity contribution in [1.29, 1.82) is 0 Å². The minimum Gasteiger partial charge on any atom is -0.392 e. The van der Waals surface area contributed by atoms with Gasteiger partial charge in [0.25, 0.3) is 0 Å². The minimum atomic E-state index is -0.152. The Bertz CT molecular complexity index is 155. The van der Waals surface area contributed by atoms with Crippen LogP contribution >= 0.6 is 0 Å². The van der Waals surface area contributed by atoms with Crippen molar-refractivity contribution in [3.63, 3.8) is 0 Å². The molecular weight excluding hydrogens is 180 g/mol. The molecule has 2 unspecified atom stereocenters. The van der Waals surface area contributed by atoms with Gasteiger partial charge in [0.05, 0.1) is 12.7 Å². The molecule has 4 nitrogen and oxygen atoms in total. The van der Waals surface area contributed by atoms with E-state index >= 15 is 0 Å². The van der Waals surface area contributed by atoms with Crippen LogP contribution in [-0.2, 0) is 4.74 Å². The van der Waals surface area contributed by atoms with E-state index in [0.29, 0.717) is 6.04 Å². The van der Waals surface area contributed by atoms with Crippen LogP contribution in [0.5, 0.6) is 0 Å². The molecule has 1 saturated heterocycles. The first kappa shape index (κ1) is 11.9. The summed E-state index contributed by atoms with van der Waals surface area (Å²) in [6, 6.07) is 0.446. The number of nitrogens with one attached hydrogen (secondary N) is 1. The normalized spacial score (nSPS) is 27.4. The molecule has 0 bridgehead atoms. The summed E-state index contributed by atoms with van der Waals surface area (Å²) in [7, 11) is 1.73. The van der Waals surface area contributed by atoms with Crippen LogP contribution in [0.4, 0.5) is 0 Å². The Kier molecular flexibility index (Phi) is 5.40. The molecule has 1 heterocycles. The summed E-state index contributed by atoms with van der Waals surface area (Å²) >= 11 is 0. The van der Waals surface area contributed by atoms with E-state index in [-0.39, 0.29) is 6.10 Å². The largest absolute Gasteiger partial charge is 0.392 e. The number of aliphatic hydroxyl groups is 1. The summed E-state index contributed by atoms with van der Waals surface area (Å²) in [4.78, 5) is 2.35. The maximum Gasteiger partial charge on any atom is 0.0680 e. The average Bonchev–Trinajstić information content (AvgIpc) is 2.58. The lowest BCUT2D eigenvalue weighted by atomic mass is 10.2. The number of hydrogen-bond donors (Lipinski definition) is 2. The van der Waals surface area contributed by atoms with Crippen molar-refractivity contribution >= 4 is 0 Å². The van der Waals surface area contributed by atoms with Crippen LogP contribution in [0.1, 0.15) is 13.3 Å². The Morgan fingerprint density at radius 3 is 2.86 bits per heavy atom. The van der Waals surface area contributed by atoms with Gasteiger partial charge in [0.15, 0.2) is 0 Å². The summed E-state index contributed by atoms with van der Waals surface area (Å²) in [5.74, 6) is 0. The second-order valence-electron chi connectivity index (χ2n) is 3.88. The van der Waals surface area contributed by atoms with E-state index in [1.165, 1.54) is 0 Å². The molecule has 0 radical (unpaired) electrons. The number of nitrogens with zero attached hydrogens (tertiary/aromatic N) is 1. The van der Waals surface area contributed by atoms with Gasteiger partial charge in [0.2, 0.25) is 0 Å². The van der Waals surface area contributed by atoms with Gasteiger partial charge < -0.3 is 15.2 Å². The summed E-state index contributed by atoms with van der Waals surface area (Å²) in [5, 5.41) is 12.7. The topological polar surface area (TPSA) is 44.7 Å². The maximum absolute atomic E-state index is 9.36. The highest BCUT2D eigenvalue weighted by atomic mass is 16.5. The number of ether oxygens (including phenoxy) is 1. The zero-order chi connectivity index (χ0) is 10.4. The third kappa shape index (κ3) is 3.92. The summed E-state index contributed by atoms with van der Waals surface area (Å²) in [5.41, 5.74) is 0. The number of likely N-dealkylation sites (N-methyl/N-ethyl adjacent to an activating group) is 1. The Labute approximate surface area is 86.2 Å². The van der Waals surface area contributed by atoms with Crippen molar-refractivity contribution in [2.24, 2.45) is 0 Å². The van der Waals surface area contributed by atoms with E-state index in [4.69, 9.17) is 4.74 Å². The van der Waals surface area contributed by atoms with Gasteiger partial charge in [-0.15, -0.1) is 0 Å². The fourth-order valence-electron chi connectivity index (χ4n) is 1.85. The molecule has 14 heavy (non-hydrogen) atoms. The van der Waals surface area contributed by atoms with Crippen molar-refractivity contribution in [3.05, 3.63) is 0 Å². The van der Waals surface area contributed by atoms with Crippen LogP contribution in [0.15, 0.2) is 0 Å². The zero-order valence-electron chi connectivity index (χ0n) is 9.20. The third-order valence-electron chi connectivity index (χ3n) is 2.74. The first-order valence-corrected chi connectivity index (χ1v) is 5.39. The Morgan fingerprint density at radius 1 is 1.57 bits per heavy atom. The lowest BCUT2D eigenvalue weighted by Gasteiger charge is -2.23. The van der Waals surface area contributed by atoms with Gasteiger partial charge in [0, 0.05) is 32.8 Å². The van der Waals surface area contributed by atoms with E-state index in [9.17, 15) is 5.11 Å². The van der Waals surface area contributed by atoms with Gasteiger partial charge in [0.1, 0.15) is 0 Å². The maximum atomic E-state index is 9.36. The lowest BCUT2D eigenvalue weighted by Crippen LogP contribution is -2.38. The van der Waals surface area contributed by atoms with E-state index < -0.39 is 0 Å². The molecule has 1 rings (SSSR count). The Morgan fingerprint density at radius 2 is 2.36 bits per heavy atom. The Balaban J connectivity index is 2.19. The van der Waals surface area contributed by atoms with E-state index in [2.05, 4.69) is 17.1 Å². The number of hydrogen-bond acceptors (Lipinski definition) is 4. The molecule has 0 aromatic carbocycles. The summed E-state index contributed by atoms with van der Waals surface area (Å²) in [6.07, 6.45) is 0.727. The molecule has 1 fully saturated rings. The fourth-order valence-corrected chi connectivity index (χ4v) is 1.85. The number of aliphatic hydroxyl groups excluding tert-OH is 1. The van der Waals surface area contributed by atoms with Gasteiger partial charge >= 0.3 is 0 Å². The molecule has 84 valence electrons. The predicted octanol–water partition coefficient (Wildman–Crippen LogP) is -0.322. The van der Waals surface area contributed by atoms with Crippen molar-refractivity contribution in [1.82, 2.24) is 10.2 Å². The SMILES string of the molecule is CCN(CCOC)CC1CC(O)CN1. The van der Waals surface area contributed by atoms with E-state index in [1.807, 2.05) is 0 Å². The number of β-amino-alcohol motifs (C(OH)–C–C–N with tert-alkyl or cyclic N) is 1. The molecule has 1 aliphatic rings. The van der Waals surface area contributed by atoms with Crippen molar-refractivity contribution in [2.75, 3.05) is 39.9 Å². The molecule has 0 aromatic heterocycles.